The summed E-state index contributed by atoms with van der Waals surface area (Å²) in [4.78, 5) is 73.1. The molecule has 0 rings (SSSR count). The Balaban J connectivity index is 5.26. The molecule has 101 heavy (non-hydrogen) atoms. The van der Waals surface area contributed by atoms with Gasteiger partial charge >= 0.3 is 39.5 Å². The molecule has 0 saturated carbocycles. The highest BCUT2D eigenvalue weighted by atomic mass is 31.2. The average Bonchev–Trinajstić information content (AvgIpc) is 0.950. The molecule has 0 aromatic rings. The molecule has 0 saturated heterocycles. The first kappa shape index (κ1) is 99.1. The molecule has 17 nitrogen and oxygen atoms in total. The van der Waals surface area contributed by atoms with Crippen molar-refractivity contribution in [1.29, 1.82) is 0 Å². The fourth-order valence-corrected chi connectivity index (χ4v) is 14.2. The highest BCUT2D eigenvalue weighted by Crippen LogP contribution is 2.45. The molecule has 0 aromatic heterocycles. The second-order valence-electron chi connectivity index (χ2n) is 30.9. The summed E-state index contributed by atoms with van der Waals surface area (Å²) in [5.74, 6) is 0.203. The molecule has 19 heteroatoms. The minimum Gasteiger partial charge on any atom is -0.462 e. The predicted molar refractivity (Wildman–Crippen MR) is 414 cm³/mol. The SMILES string of the molecule is CCCCCCCCCCCCCCCCCCCC(=O)OC[C@H](COP(=O)(O)OC[C@@H](O)COP(=O)(O)OC[C@@H](COC(=O)CCCCCCCCCCCC(C)C)OC(=O)CCCCCCCCCCCCCC(C)C)OC(=O)CCCCCCCCCCCCCCCCCC(C)C. The van der Waals surface area contributed by atoms with Crippen LogP contribution in [0.5, 0.6) is 0 Å². The minimum atomic E-state index is -4.96. The second kappa shape index (κ2) is 72.3. The highest BCUT2D eigenvalue weighted by molar-refractivity contribution is 7.47. The predicted octanol–water partition coefficient (Wildman–Crippen LogP) is 24.5. The maximum Gasteiger partial charge on any atom is 0.472 e. The third kappa shape index (κ3) is 76.1. The lowest BCUT2D eigenvalue weighted by Crippen LogP contribution is -2.30. The van der Waals surface area contributed by atoms with Crippen molar-refractivity contribution in [2.24, 2.45) is 17.8 Å². The first-order valence-corrected chi connectivity index (χ1v) is 45.3. The molecule has 0 aliphatic carbocycles. The number of carbonyl (C=O) groups is 4. The van der Waals surface area contributed by atoms with Crippen molar-refractivity contribution in [3.63, 3.8) is 0 Å². The van der Waals surface area contributed by atoms with Crippen molar-refractivity contribution in [2.75, 3.05) is 39.6 Å². The molecule has 0 amide bonds. The summed E-state index contributed by atoms with van der Waals surface area (Å²) in [7, 11) is -9.92. The van der Waals surface area contributed by atoms with E-state index < -0.39 is 97.5 Å². The van der Waals surface area contributed by atoms with Crippen LogP contribution in [-0.4, -0.2) is 96.7 Å². The fraction of sp³-hybridized carbons (Fsp3) is 0.951. The summed E-state index contributed by atoms with van der Waals surface area (Å²) < 4.78 is 68.8. The maximum atomic E-state index is 13.1. The molecular formula is C82H160O17P2. The Morgan fingerprint density at radius 1 is 0.267 bits per heavy atom. The Bertz CT molecular complexity index is 1960. The molecule has 0 fully saturated rings. The third-order valence-corrected chi connectivity index (χ3v) is 21.0. The van der Waals surface area contributed by atoms with Gasteiger partial charge in [0.15, 0.2) is 12.2 Å². The number of aliphatic hydroxyl groups excluding tert-OH is 1. The van der Waals surface area contributed by atoms with Gasteiger partial charge in [0, 0.05) is 25.7 Å². The number of aliphatic hydroxyl groups is 1. The third-order valence-electron chi connectivity index (χ3n) is 19.1. The van der Waals surface area contributed by atoms with Crippen LogP contribution in [-0.2, 0) is 65.4 Å². The molecular weight excluding hydrogens is 1320 g/mol. The van der Waals surface area contributed by atoms with Gasteiger partial charge in [-0.25, -0.2) is 9.13 Å². The number of hydrogen-bond acceptors (Lipinski definition) is 15. The smallest absolute Gasteiger partial charge is 0.462 e. The largest absolute Gasteiger partial charge is 0.472 e. The van der Waals surface area contributed by atoms with Crippen LogP contribution < -0.4 is 0 Å². The van der Waals surface area contributed by atoms with Gasteiger partial charge in [0.05, 0.1) is 26.4 Å². The van der Waals surface area contributed by atoms with E-state index in [0.717, 1.165) is 108 Å². The Labute approximate surface area is 619 Å². The van der Waals surface area contributed by atoms with Crippen LogP contribution in [0.4, 0.5) is 0 Å². The summed E-state index contributed by atoms with van der Waals surface area (Å²) >= 11 is 0. The summed E-state index contributed by atoms with van der Waals surface area (Å²) in [5, 5.41) is 10.7. The molecule has 0 aliphatic rings. The van der Waals surface area contributed by atoms with Crippen LogP contribution in [0.1, 0.15) is 427 Å². The van der Waals surface area contributed by atoms with Crippen LogP contribution in [0, 0.1) is 17.8 Å². The van der Waals surface area contributed by atoms with Crippen molar-refractivity contribution in [3.8, 4) is 0 Å². The van der Waals surface area contributed by atoms with Crippen LogP contribution in [0.2, 0.25) is 0 Å². The molecule has 0 spiro atoms. The van der Waals surface area contributed by atoms with Gasteiger partial charge in [-0.3, -0.25) is 37.3 Å². The molecule has 0 radical (unpaired) electrons. The normalized spacial score (nSPS) is 14.0. The number of phosphoric acid groups is 2. The van der Waals surface area contributed by atoms with Crippen molar-refractivity contribution >= 4 is 39.5 Å². The van der Waals surface area contributed by atoms with E-state index in [0.29, 0.717) is 25.7 Å². The van der Waals surface area contributed by atoms with Crippen molar-refractivity contribution < 1.29 is 80.2 Å². The Morgan fingerprint density at radius 2 is 0.455 bits per heavy atom. The monoisotopic (exact) mass is 1480 g/mol. The van der Waals surface area contributed by atoms with E-state index in [1.807, 2.05) is 0 Å². The zero-order valence-corrected chi connectivity index (χ0v) is 68.2. The van der Waals surface area contributed by atoms with Gasteiger partial charge in [0.25, 0.3) is 0 Å². The van der Waals surface area contributed by atoms with Gasteiger partial charge in [-0.2, -0.15) is 0 Å². The van der Waals surface area contributed by atoms with E-state index in [1.165, 1.54) is 238 Å². The van der Waals surface area contributed by atoms with Gasteiger partial charge in [-0.1, -0.05) is 376 Å². The van der Waals surface area contributed by atoms with E-state index >= 15 is 0 Å². The van der Waals surface area contributed by atoms with Crippen LogP contribution in [0.3, 0.4) is 0 Å². The topological polar surface area (TPSA) is 237 Å². The summed E-state index contributed by atoms with van der Waals surface area (Å²) in [6.45, 7) is 12.0. The van der Waals surface area contributed by atoms with Gasteiger partial charge in [-0.05, 0) is 43.4 Å². The van der Waals surface area contributed by atoms with E-state index in [-0.39, 0.29) is 25.7 Å². The molecule has 0 aliphatic heterocycles. The van der Waals surface area contributed by atoms with Crippen molar-refractivity contribution in [2.45, 2.75) is 446 Å². The van der Waals surface area contributed by atoms with Crippen molar-refractivity contribution in [1.82, 2.24) is 0 Å². The van der Waals surface area contributed by atoms with Crippen LogP contribution in [0.25, 0.3) is 0 Å². The maximum absolute atomic E-state index is 13.1. The lowest BCUT2D eigenvalue weighted by atomic mass is 10.0. The van der Waals surface area contributed by atoms with Gasteiger partial charge in [-0.15, -0.1) is 0 Å². The first-order valence-electron chi connectivity index (χ1n) is 42.3. The Kier molecular flexibility index (Phi) is 70.9. The lowest BCUT2D eigenvalue weighted by molar-refractivity contribution is -0.161. The van der Waals surface area contributed by atoms with Gasteiger partial charge < -0.3 is 33.8 Å². The number of rotatable bonds is 80. The molecule has 2 unspecified atom stereocenters. The standard InChI is InChI=1S/C82H160O17P2/c1-8-9-10-11-12-13-14-15-16-17-20-23-28-35-42-49-56-63-79(84)92-69-77(98-81(86)65-58-51-44-36-29-24-21-18-19-22-26-32-39-46-53-60-73(2)3)71-96-100(88,89)94-67-76(83)68-95-101(90,91)97-72-78(70-93-80(85)64-57-50-43-38-31-34-41-48-55-62-75(6)7)99-82(87)66-59-52-45-37-30-25-27-33-40-47-54-61-74(4)5/h73-78,83H,8-72H2,1-7H3,(H,88,89)(H,90,91)/t76-,77-,78-/m1/s1. The number of carbonyl (C=O) groups excluding carboxylic acids is 4. The zero-order valence-electron chi connectivity index (χ0n) is 66.4. The van der Waals surface area contributed by atoms with Crippen LogP contribution >= 0.6 is 15.6 Å². The molecule has 0 aromatic carbocycles. The van der Waals surface area contributed by atoms with Crippen LogP contribution in [0.15, 0.2) is 0 Å². The molecule has 0 bridgehead atoms. The molecule has 5 atom stereocenters. The minimum absolute atomic E-state index is 0.106. The first-order chi connectivity index (χ1) is 48.7. The van der Waals surface area contributed by atoms with E-state index in [2.05, 4.69) is 48.5 Å². The highest BCUT2D eigenvalue weighted by Gasteiger charge is 2.30. The number of unbranched alkanes of at least 4 members (excludes halogenated alkanes) is 48. The number of esters is 4. The Morgan fingerprint density at radius 3 is 0.673 bits per heavy atom. The second-order valence-corrected chi connectivity index (χ2v) is 33.8. The van der Waals surface area contributed by atoms with Gasteiger partial charge in [0.2, 0.25) is 0 Å². The Hall–Kier alpha value is -1.94. The summed E-state index contributed by atoms with van der Waals surface area (Å²) in [5.41, 5.74) is 0. The van der Waals surface area contributed by atoms with E-state index in [9.17, 15) is 43.2 Å². The lowest BCUT2D eigenvalue weighted by Gasteiger charge is -2.21. The quantitative estimate of drug-likeness (QED) is 0.0222. The number of ether oxygens (including phenoxy) is 4. The summed E-state index contributed by atoms with van der Waals surface area (Å²) in [6, 6.07) is 0. The average molecular weight is 1480 g/mol. The molecule has 600 valence electrons. The van der Waals surface area contributed by atoms with E-state index in [1.54, 1.807) is 0 Å². The van der Waals surface area contributed by atoms with Crippen molar-refractivity contribution in [3.05, 3.63) is 0 Å². The molecule has 0 heterocycles. The van der Waals surface area contributed by atoms with E-state index in [4.69, 9.17) is 37.0 Å². The number of hydrogen-bond donors (Lipinski definition) is 3. The fourth-order valence-electron chi connectivity index (χ4n) is 12.7. The number of phosphoric ester groups is 2. The zero-order chi connectivity index (χ0) is 74.4. The molecule has 3 N–H and O–H groups in total. The summed E-state index contributed by atoms with van der Waals surface area (Å²) in [6.07, 6.45) is 61.0. The van der Waals surface area contributed by atoms with Gasteiger partial charge in [0.1, 0.15) is 19.3 Å².